The summed E-state index contributed by atoms with van der Waals surface area (Å²) in [5.74, 6) is 0. The van der Waals surface area contributed by atoms with Crippen LogP contribution in [0.15, 0.2) is 29.6 Å². The van der Waals surface area contributed by atoms with Crippen molar-refractivity contribution in [1.82, 2.24) is 14.9 Å². The summed E-state index contributed by atoms with van der Waals surface area (Å²) < 4.78 is 9.29. The van der Waals surface area contributed by atoms with Crippen LogP contribution in [0, 0.1) is 0 Å². The molecule has 21 heavy (non-hydrogen) atoms. The largest absolute Gasteiger partial charge is 0.376 e. The van der Waals surface area contributed by atoms with Crippen molar-refractivity contribution >= 4 is 23.3 Å². The number of nitrogens with zero attached hydrogens (tertiary/aromatic N) is 2. The highest BCUT2D eigenvalue weighted by Gasteiger charge is 2.16. The third kappa shape index (κ3) is 3.77. The first kappa shape index (κ1) is 14.0. The number of ether oxygens (including phenoxy) is 1. The van der Waals surface area contributed by atoms with Crippen molar-refractivity contribution in [3.8, 4) is 11.3 Å². The molecule has 110 valence electrons. The van der Waals surface area contributed by atoms with E-state index in [1.807, 2.05) is 29.6 Å². The second-order valence-electron chi connectivity index (χ2n) is 4.84. The Labute approximate surface area is 126 Å². The molecule has 1 aliphatic rings. The van der Waals surface area contributed by atoms with E-state index in [1.54, 1.807) is 0 Å². The van der Waals surface area contributed by atoms with Crippen LogP contribution in [0.4, 0.5) is 10.5 Å². The van der Waals surface area contributed by atoms with Crippen LogP contribution >= 0.6 is 11.5 Å². The third-order valence-electron chi connectivity index (χ3n) is 3.31. The first-order valence-corrected chi connectivity index (χ1v) is 7.69. The van der Waals surface area contributed by atoms with E-state index in [9.17, 15) is 4.79 Å². The number of anilines is 1. The molecule has 1 saturated heterocycles. The van der Waals surface area contributed by atoms with Gasteiger partial charge in [-0.15, -0.1) is 5.10 Å². The van der Waals surface area contributed by atoms with Gasteiger partial charge in [0.2, 0.25) is 0 Å². The van der Waals surface area contributed by atoms with E-state index in [2.05, 4.69) is 20.2 Å². The van der Waals surface area contributed by atoms with Crippen LogP contribution in [0.25, 0.3) is 11.3 Å². The SMILES string of the molecule is O=C(NCC1CCCO1)Nc1ccc(-c2csnn2)cc1. The molecule has 2 N–H and O–H groups in total. The summed E-state index contributed by atoms with van der Waals surface area (Å²) >= 11 is 1.32. The Morgan fingerprint density at radius 1 is 1.38 bits per heavy atom. The topological polar surface area (TPSA) is 76.1 Å². The van der Waals surface area contributed by atoms with Crippen LogP contribution in [0.1, 0.15) is 12.8 Å². The van der Waals surface area contributed by atoms with Gasteiger partial charge in [-0.05, 0) is 36.5 Å². The number of carbonyl (C=O) groups excluding carboxylic acids is 1. The molecule has 0 spiro atoms. The lowest BCUT2D eigenvalue weighted by molar-refractivity contribution is 0.112. The number of hydrogen-bond acceptors (Lipinski definition) is 5. The summed E-state index contributed by atoms with van der Waals surface area (Å²) in [7, 11) is 0. The van der Waals surface area contributed by atoms with E-state index in [0.29, 0.717) is 6.54 Å². The fourth-order valence-electron chi connectivity index (χ4n) is 2.20. The van der Waals surface area contributed by atoms with Crippen LogP contribution in [-0.4, -0.2) is 34.9 Å². The van der Waals surface area contributed by atoms with E-state index >= 15 is 0 Å². The molecule has 0 saturated carbocycles. The average Bonchev–Trinajstić information content (AvgIpc) is 3.19. The van der Waals surface area contributed by atoms with Crippen molar-refractivity contribution in [3.05, 3.63) is 29.6 Å². The smallest absolute Gasteiger partial charge is 0.319 e. The first-order chi connectivity index (χ1) is 10.3. The number of aromatic nitrogens is 2. The second kappa shape index (κ2) is 6.64. The zero-order valence-corrected chi connectivity index (χ0v) is 12.2. The maximum Gasteiger partial charge on any atom is 0.319 e. The number of hydrogen-bond donors (Lipinski definition) is 2. The Kier molecular flexibility index (Phi) is 4.42. The lowest BCUT2D eigenvalue weighted by atomic mass is 10.1. The maximum absolute atomic E-state index is 11.8. The van der Waals surface area contributed by atoms with Crippen LogP contribution in [0.2, 0.25) is 0 Å². The Hall–Kier alpha value is -1.99. The number of rotatable bonds is 4. The Morgan fingerprint density at radius 3 is 2.90 bits per heavy atom. The maximum atomic E-state index is 11.8. The minimum Gasteiger partial charge on any atom is -0.376 e. The van der Waals surface area contributed by atoms with Crippen molar-refractivity contribution in [1.29, 1.82) is 0 Å². The lowest BCUT2D eigenvalue weighted by Crippen LogP contribution is -2.34. The van der Waals surface area contributed by atoms with Gasteiger partial charge >= 0.3 is 6.03 Å². The molecule has 3 rings (SSSR count). The predicted octanol–water partition coefficient (Wildman–Crippen LogP) is 2.51. The van der Waals surface area contributed by atoms with E-state index in [1.165, 1.54) is 11.5 Å². The number of urea groups is 1. The summed E-state index contributed by atoms with van der Waals surface area (Å²) in [5.41, 5.74) is 2.57. The number of benzene rings is 1. The molecule has 1 fully saturated rings. The Morgan fingerprint density at radius 2 is 2.24 bits per heavy atom. The van der Waals surface area contributed by atoms with Crippen LogP contribution in [0.5, 0.6) is 0 Å². The normalized spacial score (nSPS) is 17.6. The van der Waals surface area contributed by atoms with E-state index in [4.69, 9.17) is 4.74 Å². The predicted molar refractivity (Wildman–Crippen MR) is 81.3 cm³/mol. The summed E-state index contributed by atoms with van der Waals surface area (Å²) in [6, 6.07) is 7.30. The van der Waals surface area contributed by atoms with Gasteiger partial charge in [-0.25, -0.2) is 4.79 Å². The highest BCUT2D eigenvalue weighted by atomic mass is 32.1. The van der Waals surface area contributed by atoms with Crippen molar-refractivity contribution in [2.45, 2.75) is 18.9 Å². The van der Waals surface area contributed by atoms with Crippen LogP contribution in [-0.2, 0) is 4.74 Å². The molecule has 0 bridgehead atoms. The van der Waals surface area contributed by atoms with Crippen LogP contribution < -0.4 is 10.6 Å². The molecule has 6 nitrogen and oxygen atoms in total. The summed E-state index contributed by atoms with van der Waals surface area (Å²) in [4.78, 5) is 11.8. The quantitative estimate of drug-likeness (QED) is 0.910. The lowest BCUT2D eigenvalue weighted by Gasteiger charge is -2.11. The molecule has 0 aliphatic carbocycles. The average molecular weight is 304 g/mol. The molecule has 2 aromatic rings. The fourth-order valence-corrected chi connectivity index (χ4v) is 2.67. The highest BCUT2D eigenvalue weighted by molar-refractivity contribution is 7.03. The van der Waals surface area contributed by atoms with E-state index in [0.717, 1.165) is 36.4 Å². The summed E-state index contributed by atoms with van der Waals surface area (Å²) in [5, 5.41) is 11.5. The first-order valence-electron chi connectivity index (χ1n) is 6.85. The van der Waals surface area contributed by atoms with Crippen molar-refractivity contribution < 1.29 is 9.53 Å². The standard InChI is InChI=1S/C14H16N4O2S/c19-14(15-8-12-2-1-7-20-12)16-11-5-3-10(4-6-11)13-9-21-18-17-13/h3-6,9,12H,1-2,7-8H2,(H2,15,16,19). The van der Waals surface area contributed by atoms with Gasteiger partial charge in [0.25, 0.3) is 0 Å². The van der Waals surface area contributed by atoms with Gasteiger partial charge in [0.05, 0.1) is 6.10 Å². The molecule has 1 aromatic carbocycles. The number of carbonyl (C=O) groups is 1. The van der Waals surface area contributed by atoms with E-state index < -0.39 is 0 Å². The molecule has 2 amide bonds. The van der Waals surface area contributed by atoms with Gasteiger partial charge in [-0.2, -0.15) is 0 Å². The third-order valence-corrected chi connectivity index (χ3v) is 3.82. The fraction of sp³-hybridized carbons (Fsp3) is 0.357. The van der Waals surface area contributed by atoms with Gasteiger partial charge in [-0.1, -0.05) is 16.6 Å². The second-order valence-corrected chi connectivity index (χ2v) is 5.45. The Balaban J connectivity index is 1.51. The zero-order chi connectivity index (χ0) is 14.5. The molecule has 1 atom stereocenters. The minimum absolute atomic E-state index is 0.148. The molecule has 1 aliphatic heterocycles. The van der Waals surface area contributed by atoms with Crippen molar-refractivity contribution in [3.63, 3.8) is 0 Å². The summed E-state index contributed by atoms with van der Waals surface area (Å²) in [6.45, 7) is 1.34. The van der Waals surface area contributed by atoms with E-state index in [-0.39, 0.29) is 12.1 Å². The van der Waals surface area contributed by atoms with Gasteiger partial charge < -0.3 is 15.4 Å². The number of amides is 2. The molecule has 7 heteroatoms. The monoisotopic (exact) mass is 304 g/mol. The highest BCUT2D eigenvalue weighted by Crippen LogP contribution is 2.20. The molecule has 1 aromatic heterocycles. The molecule has 0 radical (unpaired) electrons. The van der Waals surface area contributed by atoms with Crippen molar-refractivity contribution in [2.24, 2.45) is 0 Å². The molecule has 1 unspecified atom stereocenters. The Bertz CT molecular complexity index is 580. The van der Waals surface area contributed by atoms with Gasteiger partial charge in [0.15, 0.2) is 0 Å². The zero-order valence-electron chi connectivity index (χ0n) is 11.4. The molecule has 2 heterocycles. The van der Waals surface area contributed by atoms with Crippen LogP contribution in [0.3, 0.4) is 0 Å². The number of nitrogens with one attached hydrogen (secondary N) is 2. The van der Waals surface area contributed by atoms with Gasteiger partial charge in [-0.3, -0.25) is 0 Å². The summed E-state index contributed by atoms with van der Waals surface area (Å²) in [6.07, 6.45) is 2.23. The van der Waals surface area contributed by atoms with Crippen molar-refractivity contribution in [2.75, 3.05) is 18.5 Å². The van der Waals surface area contributed by atoms with Gasteiger partial charge in [0, 0.05) is 29.8 Å². The molecular formula is C14H16N4O2S. The molecular weight excluding hydrogens is 288 g/mol. The minimum atomic E-state index is -0.214. The van der Waals surface area contributed by atoms with Gasteiger partial charge in [0.1, 0.15) is 5.69 Å².